The first-order valence-corrected chi connectivity index (χ1v) is 8.35. The molecular formula is C22H15ClO3. The van der Waals surface area contributed by atoms with E-state index in [1.165, 1.54) is 6.08 Å². The van der Waals surface area contributed by atoms with Crippen molar-refractivity contribution in [3.63, 3.8) is 0 Å². The second kappa shape index (κ2) is 8.28. The number of halogens is 1. The van der Waals surface area contributed by atoms with Gasteiger partial charge in [0.25, 0.3) is 0 Å². The van der Waals surface area contributed by atoms with E-state index in [2.05, 4.69) is 0 Å². The van der Waals surface area contributed by atoms with E-state index in [1.807, 2.05) is 18.2 Å². The van der Waals surface area contributed by atoms with Crippen molar-refractivity contribution >= 4 is 29.4 Å². The molecule has 0 aliphatic heterocycles. The average Bonchev–Trinajstić information content (AvgIpc) is 2.68. The van der Waals surface area contributed by atoms with Crippen molar-refractivity contribution in [3.8, 4) is 5.75 Å². The molecule has 0 bridgehead atoms. The Kier molecular flexibility index (Phi) is 5.62. The predicted molar refractivity (Wildman–Crippen MR) is 103 cm³/mol. The van der Waals surface area contributed by atoms with Gasteiger partial charge in [-0.3, -0.25) is 4.79 Å². The summed E-state index contributed by atoms with van der Waals surface area (Å²) in [5.41, 5.74) is 1.77. The Bertz CT molecular complexity index is 945. The zero-order chi connectivity index (χ0) is 18.4. The van der Waals surface area contributed by atoms with Crippen LogP contribution in [-0.2, 0) is 0 Å². The van der Waals surface area contributed by atoms with E-state index in [9.17, 15) is 9.59 Å². The van der Waals surface area contributed by atoms with Crippen LogP contribution in [0.5, 0.6) is 5.75 Å². The number of hydrogen-bond acceptors (Lipinski definition) is 3. The highest BCUT2D eigenvalue weighted by atomic mass is 35.5. The Morgan fingerprint density at radius 1 is 0.808 bits per heavy atom. The molecule has 0 aliphatic rings. The topological polar surface area (TPSA) is 43.4 Å². The lowest BCUT2D eigenvalue weighted by atomic mass is 10.1. The van der Waals surface area contributed by atoms with Gasteiger partial charge in [-0.2, -0.15) is 0 Å². The van der Waals surface area contributed by atoms with Gasteiger partial charge in [-0.05, 0) is 35.9 Å². The number of ketones is 1. The molecule has 3 aromatic rings. The van der Waals surface area contributed by atoms with Gasteiger partial charge in [0, 0.05) is 5.56 Å². The van der Waals surface area contributed by atoms with Gasteiger partial charge in [-0.15, -0.1) is 0 Å². The normalized spacial score (nSPS) is 10.7. The lowest BCUT2D eigenvalue weighted by Gasteiger charge is -2.06. The fourth-order valence-corrected chi connectivity index (χ4v) is 2.52. The maximum Gasteiger partial charge on any atom is 0.345 e. The molecule has 0 radical (unpaired) electrons. The van der Waals surface area contributed by atoms with Gasteiger partial charge in [0.15, 0.2) is 5.78 Å². The standard InChI is InChI=1S/C22H15ClO3/c23-20-9-5-4-8-19(20)22(25)26-18-13-10-16(11-14-18)12-15-21(24)17-6-2-1-3-7-17/h1-15H. The molecule has 3 aromatic carbocycles. The molecule has 0 atom stereocenters. The van der Waals surface area contributed by atoms with Gasteiger partial charge in [0.05, 0.1) is 10.6 Å². The fourth-order valence-electron chi connectivity index (χ4n) is 2.31. The number of ether oxygens (including phenoxy) is 1. The summed E-state index contributed by atoms with van der Waals surface area (Å²) in [6.45, 7) is 0. The largest absolute Gasteiger partial charge is 0.423 e. The summed E-state index contributed by atoms with van der Waals surface area (Å²) < 4.78 is 5.32. The fraction of sp³-hybridized carbons (Fsp3) is 0. The zero-order valence-corrected chi connectivity index (χ0v) is 14.5. The number of allylic oxidation sites excluding steroid dienone is 1. The number of benzene rings is 3. The Hall–Kier alpha value is -3.17. The highest BCUT2D eigenvalue weighted by Crippen LogP contribution is 2.19. The zero-order valence-electron chi connectivity index (χ0n) is 13.8. The van der Waals surface area contributed by atoms with E-state index >= 15 is 0 Å². The smallest absolute Gasteiger partial charge is 0.345 e. The van der Waals surface area contributed by atoms with E-state index in [0.29, 0.717) is 21.9 Å². The molecule has 26 heavy (non-hydrogen) atoms. The van der Waals surface area contributed by atoms with Gasteiger partial charge in [-0.1, -0.05) is 72.3 Å². The van der Waals surface area contributed by atoms with Crippen LogP contribution in [0, 0.1) is 0 Å². The lowest BCUT2D eigenvalue weighted by Crippen LogP contribution is -2.08. The van der Waals surface area contributed by atoms with Gasteiger partial charge in [0.1, 0.15) is 5.75 Å². The van der Waals surface area contributed by atoms with Gasteiger partial charge in [0.2, 0.25) is 0 Å². The number of esters is 1. The molecule has 0 spiro atoms. The van der Waals surface area contributed by atoms with Gasteiger partial charge < -0.3 is 4.74 Å². The first-order chi connectivity index (χ1) is 12.6. The van der Waals surface area contributed by atoms with Crippen LogP contribution in [0.25, 0.3) is 6.08 Å². The van der Waals surface area contributed by atoms with E-state index < -0.39 is 5.97 Å². The van der Waals surface area contributed by atoms with Gasteiger partial charge >= 0.3 is 5.97 Å². The van der Waals surface area contributed by atoms with E-state index in [4.69, 9.17) is 16.3 Å². The quantitative estimate of drug-likeness (QED) is 0.262. The van der Waals surface area contributed by atoms with Crippen LogP contribution in [0.3, 0.4) is 0 Å². The summed E-state index contributed by atoms with van der Waals surface area (Å²) in [7, 11) is 0. The predicted octanol–water partition coefficient (Wildman–Crippen LogP) is 5.46. The van der Waals surface area contributed by atoms with Crippen LogP contribution < -0.4 is 4.74 Å². The van der Waals surface area contributed by atoms with Crippen molar-refractivity contribution in [2.75, 3.05) is 0 Å². The molecule has 0 saturated heterocycles. The van der Waals surface area contributed by atoms with Crippen molar-refractivity contribution in [1.29, 1.82) is 0 Å². The molecule has 0 aliphatic carbocycles. The molecular weight excluding hydrogens is 348 g/mol. The summed E-state index contributed by atoms with van der Waals surface area (Å²) in [5, 5.41) is 0.344. The summed E-state index contributed by atoms with van der Waals surface area (Å²) in [6, 6.07) is 22.6. The minimum Gasteiger partial charge on any atom is -0.423 e. The molecule has 3 rings (SSSR count). The molecule has 128 valence electrons. The summed E-state index contributed by atoms with van der Waals surface area (Å²) in [4.78, 5) is 24.2. The molecule has 0 amide bonds. The third-order valence-electron chi connectivity index (χ3n) is 3.67. The van der Waals surface area contributed by atoms with Crippen molar-refractivity contribution < 1.29 is 14.3 Å². The Morgan fingerprint density at radius 3 is 2.15 bits per heavy atom. The molecule has 4 heteroatoms. The van der Waals surface area contributed by atoms with E-state index in [-0.39, 0.29) is 5.78 Å². The van der Waals surface area contributed by atoms with Crippen molar-refractivity contribution in [2.24, 2.45) is 0 Å². The SMILES string of the molecule is O=C(C=Cc1ccc(OC(=O)c2ccccc2Cl)cc1)c1ccccc1. The molecule has 0 N–H and O–H groups in total. The van der Waals surface area contributed by atoms with Crippen LogP contribution in [0.4, 0.5) is 0 Å². The molecule has 0 heterocycles. The maximum absolute atomic E-state index is 12.1. The molecule has 0 unspecified atom stereocenters. The van der Waals surface area contributed by atoms with Crippen molar-refractivity contribution in [2.45, 2.75) is 0 Å². The number of hydrogen-bond donors (Lipinski definition) is 0. The lowest BCUT2D eigenvalue weighted by molar-refractivity contribution is 0.0734. The van der Waals surface area contributed by atoms with E-state index in [0.717, 1.165) is 5.56 Å². The van der Waals surface area contributed by atoms with Crippen LogP contribution >= 0.6 is 11.6 Å². The number of carbonyl (C=O) groups is 2. The number of rotatable bonds is 5. The van der Waals surface area contributed by atoms with Crippen molar-refractivity contribution in [3.05, 3.63) is 107 Å². The third kappa shape index (κ3) is 4.47. The van der Waals surface area contributed by atoms with Crippen molar-refractivity contribution in [1.82, 2.24) is 0 Å². The second-order valence-electron chi connectivity index (χ2n) is 5.50. The summed E-state index contributed by atoms with van der Waals surface area (Å²) in [6.07, 6.45) is 3.23. The average molecular weight is 363 g/mol. The Balaban J connectivity index is 1.65. The van der Waals surface area contributed by atoms with Gasteiger partial charge in [-0.25, -0.2) is 4.79 Å². The molecule has 3 nitrogen and oxygen atoms in total. The summed E-state index contributed by atoms with van der Waals surface area (Å²) >= 11 is 5.99. The monoisotopic (exact) mass is 362 g/mol. The minimum atomic E-state index is -0.516. The third-order valence-corrected chi connectivity index (χ3v) is 4.00. The van der Waals surface area contributed by atoms with Crippen LogP contribution in [0.1, 0.15) is 26.3 Å². The van der Waals surface area contributed by atoms with Crippen LogP contribution in [-0.4, -0.2) is 11.8 Å². The summed E-state index contributed by atoms with van der Waals surface area (Å²) in [5.74, 6) is -0.181. The first kappa shape index (κ1) is 17.6. The number of carbonyl (C=O) groups excluding carboxylic acids is 2. The second-order valence-corrected chi connectivity index (χ2v) is 5.91. The molecule has 0 fully saturated rings. The highest BCUT2D eigenvalue weighted by Gasteiger charge is 2.11. The van der Waals surface area contributed by atoms with Crippen LogP contribution in [0.15, 0.2) is 84.9 Å². The highest BCUT2D eigenvalue weighted by molar-refractivity contribution is 6.33. The first-order valence-electron chi connectivity index (χ1n) is 7.98. The minimum absolute atomic E-state index is 0.0696. The Morgan fingerprint density at radius 2 is 1.46 bits per heavy atom. The van der Waals surface area contributed by atoms with E-state index in [1.54, 1.807) is 66.7 Å². The maximum atomic E-state index is 12.1. The molecule has 0 aromatic heterocycles. The molecule has 0 saturated carbocycles. The van der Waals surface area contributed by atoms with Crippen LogP contribution in [0.2, 0.25) is 5.02 Å². The Labute approximate surface area is 156 Å².